The molecule has 104 valence electrons. The zero-order valence-corrected chi connectivity index (χ0v) is 11.8. The maximum absolute atomic E-state index is 11.3. The molecule has 0 bridgehead atoms. The molecular formula is C15H22N2O2. The second-order valence-electron chi connectivity index (χ2n) is 4.51. The number of hydrogen-bond donors (Lipinski definition) is 1. The number of carbonyl (C=O) groups excluding carboxylic acids is 1. The van der Waals surface area contributed by atoms with E-state index in [0.717, 1.165) is 17.9 Å². The van der Waals surface area contributed by atoms with Crippen LogP contribution in [0.5, 0.6) is 5.75 Å². The first-order valence-corrected chi connectivity index (χ1v) is 6.39. The first-order chi connectivity index (χ1) is 9.11. The molecule has 1 amide bonds. The molecule has 0 aliphatic heterocycles. The standard InChI is InChI=1S/C15H22N2O2/c1-4-5-15(18)16-12-13-6-8-14(9-7-13)19-11-10-17(2)3/h4-9H,10-12H2,1-3H3,(H,16,18)/b5-4+. The van der Waals surface area contributed by atoms with Crippen LogP contribution in [0.2, 0.25) is 0 Å². The van der Waals surface area contributed by atoms with Crippen LogP contribution in [-0.2, 0) is 11.3 Å². The number of ether oxygens (including phenoxy) is 1. The largest absolute Gasteiger partial charge is 0.492 e. The number of benzene rings is 1. The van der Waals surface area contributed by atoms with Gasteiger partial charge in [-0.25, -0.2) is 0 Å². The highest BCUT2D eigenvalue weighted by atomic mass is 16.5. The van der Waals surface area contributed by atoms with Crippen molar-refractivity contribution in [1.29, 1.82) is 0 Å². The van der Waals surface area contributed by atoms with Crippen molar-refractivity contribution in [2.24, 2.45) is 0 Å². The van der Waals surface area contributed by atoms with Crippen LogP contribution in [0.15, 0.2) is 36.4 Å². The van der Waals surface area contributed by atoms with Gasteiger partial charge >= 0.3 is 0 Å². The van der Waals surface area contributed by atoms with Crippen LogP contribution in [0, 0.1) is 0 Å². The van der Waals surface area contributed by atoms with Crippen LogP contribution >= 0.6 is 0 Å². The van der Waals surface area contributed by atoms with Gasteiger partial charge in [0.05, 0.1) is 0 Å². The highest BCUT2D eigenvalue weighted by Crippen LogP contribution is 2.11. The summed E-state index contributed by atoms with van der Waals surface area (Å²) < 4.78 is 5.60. The van der Waals surface area contributed by atoms with Crippen LogP contribution in [0.25, 0.3) is 0 Å². The van der Waals surface area contributed by atoms with Crippen molar-refractivity contribution in [3.8, 4) is 5.75 Å². The van der Waals surface area contributed by atoms with E-state index in [4.69, 9.17) is 4.74 Å². The number of nitrogens with one attached hydrogen (secondary N) is 1. The fourth-order valence-corrected chi connectivity index (χ4v) is 1.45. The van der Waals surface area contributed by atoms with Crippen molar-refractivity contribution < 1.29 is 9.53 Å². The fourth-order valence-electron chi connectivity index (χ4n) is 1.45. The minimum atomic E-state index is -0.0752. The van der Waals surface area contributed by atoms with Gasteiger partial charge in [0.2, 0.25) is 5.91 Å². The van der Waals surface area contributed by atoms with Crippen molar-refractivity contribution in [2.75, 3.05) is 27.2 Å². The van der Waals surface area contributed by atoms with E-state index in [9.17, 15) is 4.79 Å². The summed E-state index contributed by atoms with van der Waals surface area (Å²) in [6.07, 6.45) is 3.23. The Bertz CT molecular complexity index is 411. The topological polar surface area (TPSA) is 41.6 Å². The molecule has 0 fully saturated rings. The van der Waals surface area contributed by atoms with Crippen LogP contribution < -0.4 is 10.1 Å². The quantitative estimate of drug-likeness (QED) is 0.762. The molecule has 1 aromatic rings. The monoisotopic (exact) mass is 262 g/mol. The molecule has 0 saturated heterocycles. The van der Waals surface area contributed by atoms with E-state index in [0.29, 0.717) is 13.2 Å². The smallest absolute Gasteiger partial charge is 0.243 e. The highest BCUT2D eigenvalue weighted by Gasteiger charge is 1.98. The number of nitrogens with zero attached hydrogens (tertiary/aromatic N) is 1. The molecule has 1 N–H and O–H groups in total. The van der Waals surface area contributed by atoms with Gasteiger partial charge in [-0.2, -0.15) is 0 Å². The Morgan fingerprint density at radius 2 is 2.00 bits per heavy atom. The van der Waals surface area contributed by atoms with Crippen LogP contribution in [0.4, 0.5) is 0 Å². The fraction of sp³-hybridized carbons (Fsp3) is 0.400. The summed E-state index contributed by atoms with van der Waals surface area (Å²) in [5, 5.41) is 2.80. The van der Waals surface area contributed by atoms with Gasteiger partial charge in [-0.15, -0.1) is 0 Å². The minimum absolute atomic E-state index is 0.0752. The van der Waals surface area contributed by atoms with Gasteiger partial charge in [0.1, 0.15) is 12.4 Å². The van der Waals surface area contributed by atoms with Gasteiger partial charge in [-0.3, -0.25) is 4.79 Å². The highest BCUT2D eigenvalue weighted by molar-refractivity contribution is 5.87. The van der Waals surface area contributed by atoms with E-state index in [1.807, 2.05) is 45.3 Å². The number of allylic oxidation sites excluding steroid dienone is 1. The van der Waals surface area contributed by atoms with Crippen LogP contribution in [0.3, 0.4) is 0 Å². The lowest BCUT2D eigenvalue weighted by molar-refractivity contribution is -0.116. The normalized spacial score (nSPS) is 10.9. The lowest BCUT2D eigenvalue weighted by atomic mass is 10.2. The number of amides is 1. The van der Waals surface area contributed by atoms with Crippen molar-refractivity contribution in [3.05, 3.63) is 42.0 Å². The van der Waals surface area contributed by atoms with Crippen LogP contribution in [0.1, 0.15) is 12.5 Å². The maximum Gasteiger partial charge on any atom is 0.243 e. The van der Waals surface area contributed by atoms with Gasteiger partial charge in [-0.05, 0) is 44.8 Å². The molecular weight excluding hydrogens is 240 g/mol. The van der Waals surface area contributed by atoms with Crippen molar-refractivity contribution in [3.63, 3.8) is 0 Å². The lowest BCUT2D eigenvalue weighted by Crippen LogP contribution is -2.20. The molecule has 4 nitrogen and oxygen atoms in total. The SMILES string of the molecule is C/C=C/C(=O)NCc1ccc(OCCN(C)C)cc1. The number of likely N-dealkylation sites (N-methyl/N-ethyl adjacent to an activating group) is 1. The first-order valence-electron chi connectivity index (χ1n) is 6.39. The second kappa shape index (κ2) is 8.32. The number of carbonyl (C=O) groups is 1. The zero-order chi connectivity index (χ0) is 14.1. The van der Waals surface area contributed by atoms with Gasteiger partial charge in [0.15, 0.2) is 0 Å². The Hall–Kier alpha value is -1.81. The number of rotatable bonds is 7. The molecule has 0 aromatic heterocycles. The van der Waals surface area contributed by atoms with E-state index in [1.165, 1.54) is 6.08 Å². The van der Waals surface area contributed by atoms with Crippen molar-refractivity contribution in [1.82, 2.24) is 10.2 Å². The predicted molar refractivity (Wildman–Crippen MR) is 77.2 cm³/mol. The van der Waals surface area contributed by atoms with Crippen molar-refractivity contribution >= 4 is 5.91 Å². The molecule has 19 heavy (non-hydrogen) atoms. The molecule has 1 aromatic carbocycles. The molecule has 0 saturated carbocycles. The summed E-state index contributed by atoms with van der Waals surface area (Å²) in [4.78, 5) is 13.3. The Kier molecular flexibility index (Phi) is 6.68. The Morgan fingerprint density at radius 3 is 2.58 bits per heavy atom. The minimum Gasteiger partial charge on any atom is -0.492 e. The summed E-state index contributed by atoms with van der Waals surface area (Å²) in [6, 6.07) is 7.77. The first kappa shape index (κ1) is 15.2. The van der Waals surface area contributed by atoms with E-state index < -0.39 is 0 Å². The van der Waals surface area contributed by atoms with Crippen LogP contribution in [-0.4, -0.2) is 38.1 Å². The van der Waals surface area contributed by atoms with E-state index in [1.54, 1.807) is 6.08 Å². The molecule has 0 aliphatic carbocycles. The molecule has 4 heteroatoms. The summed E-state index contributed by atoms with van der Waals surface area (Å²) in [6.45, 7) is 3.91. The Morgan fingerprint density at radius 1 is 1.32 bits per heavy atom. The van der Waals surface area contributed by atoms with Gasteiger partial charge < -0.3 is 15.0 Å². The average Bonchev–Trinajstić information content (AvgIpc) is 2.38. The average molecular weight is 262 g/mol. The summed E-state index contributed by atoms with van der Waals surface area (Å²) in [7, 11) is 4.03. The summed E-state index contributed by atoms with van der Waals surface area (Å²) in [5.74, 6) is 0.777. The summed E-state index contributed by atoms with van der Waals surface area (Å²) in [5.41, 5.74) is 1.05. The second-order valence-corrected chi connectivity index (χ2v) is 4.51. The molecule has 0 heterocycles. The van der Waals surface area contributed by atoms with Gasteiger partial charge in [-0.1, -0.05) is 18.2 Å². The molecule has 0 atom stereocenters. The van der Waals surface area contributed by atoms with E-state index in [-0.39, 0.29) is 5.91 Å². The molecule has 1 rings (SSSR count). The van der Waals surface area contributed by atoms with E-state index >= 15 is 0 Å². The zero-order valence-electron chi connectivity index (χ0n) is 11.8. The maximum atomic E-state index is 11.3. The third kappa shape index (κ3) is 6.62. The third-order valence-corrected chi connectivity index (χ3v) is 2.52. The molecule has 0 radical (unpaired) electrons. The molecule has 0 spiro atoms. The van der Waals surface area contributed by atoms with Gasteiger partial charge in [0, 0.05) is 13.1 Å². The summed E-state index contributed by atoms with van der Waals surface area (Å²) >= 11 is 0. The molecule has 0 unspecified atom stereocenters. The Labute approximate surface area is 115 Å². The number of hydrogen-bond acceptors (Lipinski definition) is 3. The van der Waals surface area contributed by atoms with Crippen molar-refractivity contribution in [2.45, 2.75) is 13.5 Å². The van der Waals surface area contributed by atoms with E-state index in [2.05, 4.69) is 10.2 Å². The predicted octanol–water partition coefficient (Wildman–Crippen LogP) is 1.82. The lowest BCUT2D eigenvalue weighted by Gasteiger charge is -2.11. The molecule has 0 aliphatic rings. The third-order valence-electron chi connectivity index (χ3n) is 2.52. The Balaban J connectivity index is 2.37. The van der Waals surface area contributed by atoms with Gasteiger partial charge in [0.25, 0.3) is 0 Å².